The first-order valence-electron chi connectivity index (χ1n) is 9.73. The highest BCUT2D eigenvalue weighted by molar-refractivity contribution is 6.21. The summed E-state index contributed by atoms with van der Waals surface area (Å²) >= 11 is 0. The lowest BCUT2D eigenvalue weighted by atomic mass is 9.93. The van der Waals surface area contributed by atoms with Crippen LogP contribution in [0.4, 0.5) is 0 Å². The molecule has 0 aliphatic carbocycles. The van der Waals surface area contributed by atoms with Gasteiger partial charge in [-0.1, -0.05) is 115 Å². The van der Waals surface area contributed by atoms with Crippen molar-refractivity contribution in [3.8, 4) is 0 Å². The van der Waals surface area contributed by atoms with Crippen molar-refractivity contribution in [1.29, 1.82) is 0 Å². The van der Waals surface area contributed by atoms with Gasteiger partial charge in [0.1, 0.15) is 5.71 Å². The van der Waals surface area contributed by atoms with Gasteiger partial charge in [-0.2, -0.15) is 5.10 Å². The maximum absolute atomic E-state index is 13.2. The van der Waals surface area contributed by atoms with Crippen molar-refractivity contribution in [1.82, 2.24) is 0 Å². The highest BCUT2D eigenvalue weighted by Gasteiger charge is 2.18. The van der Waals surface area contributed by atoms with Gasteiger partial charge in [0.2, 0.25) is 0 Å². The molecule has 0 saturated carbocycles. The summed E-state index contributed by atoms with van der Waals surface area (Å²) in [6.45, 7) is 0. The fourth-order valence-corrected chi connectivity index (χ4v) is 3.19. The van der Waals surface area contributed by atoms with Gasteiger partial charge in [0.05, 0.1) is 6.21 Å². The lowest BCUT2D eigenvalue weighted by Crippen LogP contribution is -2.12. The molecule has 0 fully saturated rings. The first kappa shape index (κ1) is 19.2. The molecule has 3 heteroatoms. The zero-order valence-corrected chi connectivity index (χ0v) is 16.3. The van der Waals surface area contributed by atoms with Crippen molar-refractivity contribution in [2.75, 3.05) is 0 Å². The summed E-state index contributed by atoms with van der Waals surface area (Å²) in [6.07, 6.45) is 1.71. The van der Waals surface area contributed by atoms with Gasteiger partial charge in [0, 0.05) is 22.3 Å². The Balaban J connectivity index is 1.80. The molecule has 0 heterocycles. The zero-order valence-electron chi connectivity index (χ0n) is 16.3. The van der Waals surface area contributed by atoms with Crippen LogP contribution in [0.5, 0.6) is 0 Å². The van der Waals surface area contributed by atoms with Gasteiger partial charge in [-0.05, 0) is 5.56 Å². The second kappa shape index (κ2) is 9.39. The second-order valence-corrected chi connectivity index (χ2v) is 6.71. The number of hydrogen-bond donors (Lipinski definition) is 0. The van der Waals surface area contributed by atoms with Crippen LogP contribution in [-0.2, 0) is 0 Å². The van der Waals surface area contributed by atoms with E-state index in [9.17, 15) is 4.79 Å². The molecule has 0 aliphatic heterocycles. The van der Waals surface area contributed by atoms with Crippen molar-refractivity contribution < 1.29 is 4.79 Å². The first-order chi connectivity index (χ1) is 14.8. The number of benzene rings is 4. The summed E-state index contributed by atoms with van der Waals surface area (Å²) in [6, 6.07) is 36.4. The Morgan fingerprint density at radius 2 is 1.07 bits per heavy atom. The van der Waals surface area contributed by atoms with E-state index in [0.717, 1.165) is 16.7 Å². The van der Waals surface area contributed by atoms with Crippen LogP contribution in [0.15, 0.2) is 125 Å². The van der Waals surface area contributed by atoms with Crippen LogP contribution in [-0.4, -0.2) is 17.7 Å². The van der Waals surface area contributed by atoms with Crippen LogP contribution in [0.1, 0.15) is 32.6 Å². The monoisotopic (exact) mass is 388 g/mol. The predicted molar refractivity (Wildman–Crippen MR) is 122 cm³/mol. The largest absolute Gasteiger partial charge is 0.289 e. The van der Waals surface area contributed by atoms with E-state index in [1.807, 2.05) is 115 Å². The minimum Gasteiger partial charge on any atom is -0.289 e. The molecule has 4 aromatic rings. The maximum atomic E-state index is 13.2. The predicted octanol–water partition coefficient (Wildman–Crippen LogP) is 5.79. The summed E-state index contributed by atoms with van der Waals surface area (Å²) in [7, 11) is 0. The van der Waals surface area contributed by atoms with E-state index in [0.29, 0.717) is 16.8 Å². The van der Waals surface area contributed by atoms with Gasteiger partial charge < -0.3 is 0 Å². The summed E-state index contributed by atoms with van der Waals surface area (Å²) in [4.78, 5) is 13.2. The molecule has 0 N–H and O–H groups in total. The van der Waals surface area contributed by atoms with E-state index >= 15 is 0 Å². The average molecular weight is 388 g/mol. The van der Waals surface area contributed by atoms with Crippen molar-refractivity contribution >= 4 is 17.7 Å². The molecule has 0 unspecified atom stereocenters. The summed E-state index contributed by atoms with van der Waals surface area (Å²) in [5.74, 6) is -0.0399. The van der Waals surface area contributed by atoms with E-state index in [2.05, 4.69) is 10.2 Å². The molecular weight excluding hydrogens is 368 g/mol. The zero-order chi connectivity index (χ0) is 20.6. The smallest absolute Gasteiger partial charge is 0.193 e. The number of hydrogen-bond acceptors (Lipinski definition) is 3. The molecule has 0 radical (unpaired) electrons. The van der Waals surface area contributed by atoms with E-state index in [4.69, 9.17) is 0 Å². The molecule has 0 saturated heterocycles. The Morgan fingerprint density at radius 3 is 1.70 bits per heavy atom. The Labute approximate surface area is 176 Å². The van der Waals surface area contributed by atoms with Crippen LogP contribution in [0.25, 0.3) is 0 Å². The molecule has 3 nitrogen and oxygen atoms in total. The minimum atomic E-state index is -0.0399. The third kappa shape index (κ3) is 4.47. The van der Waals surface area contributed by atoms with Crippen LogP contribution in [0.3, 0.4) is 0 Å². The molecule has 4 aromatic carbocycles. The Morgan fingerprint density at radius 1 is 0.567 bits per heavy atom. The number of ketones is 1. The SMILES string of the molecule is O=C(c1ccccc1)c1ccccc1/C(=N/N=C\c1ccccc1)c1ccccc1. The molecule has 0 aromatic heterocycles. The van der Waals surface area contributed by atoms with Crippen molar-refractivity contribution in [3.05, 3.63) is 143 Å². The highest BCUT2D eigenvalue weighted by atomic mass is 16.1. The van der Waals surface area contributed by atoms with E-state index in [-0.39, 0.29) is 5.78 Å². The van der Waals surface area contributed by atoms with E-state index in [1.54, 1.807) is 6.21 Å². The fourth-order valence-electron chi connectivity index (χ4n) is 3.19. The minimum absolute atomic E-state index is 0.0399. The fraction of sp³-hybridized carbons (Fsp3) is 0. The van der Waals surface area contributed by atoms with Gasteiger partial charge in [-0.3, -0.25) is 4.79 Å². The Kier molecular flexibility index (Phi) is 6.02. The standard InChI is InChI=1S/C27H20N2O/c30-27(23-16-8-3-9-17-23)25-19-11-10-18-24(25)26(22-14-6-2-7-15-22)29-28-20-21-12-4-1-5-13-21/h1-20H/b28-20-,29-26+. The average Bonchev–Trinajstić information content (AvgIpc) is 2.83. The topological polar surface area (TPSA) is 41.8 Å². The van der Waals surface area contributed by atoms with E-state index < -0.39 is 0 Å². The molecule has 144 valence electrons. The Bertz CT molecular complexity index is 1180. The van der Waals surface area contributed by atoms with Crippen molar-refractivity contribution in [2.45, 2.75) is 0 Å². The normalized spacial score (nSPS) is 11.5. The molecule has 0 aliphatic rings. The third-order valence-electron chi connectivity index (χ3n) is 4.67. The Hall–Kier alpha value is -4.11. The van der Waals surface area contributed by atoms with Gasteiger partial charge in [0.25, 0.3) is 0 Å². The first-order valence-corrected chi connectivity index (χ1v) is 9.73. The highest BCUT2D eigenvalue weighted by Crippen LogP contribution is 2.19. The number of carbonyl (C=O) groups is 1. The lowest BCUT2D eigenvalue weighted by Gasteiger charge is -2.11. The third-order valence-corrected chi connectivity index (χ3v) is 4.67. The van der Waals surface area contributed by atoms with Gasteiger partial charge >= 0.3 is 0 Å². The van der Waals surface area contributed by atoms with Crippen LogP contribution in [0, 0.1) is 0 Å². The molecule has 30 heavy (non-hydrogen) atoms. The van der Waals surface area contributed by atoms with E-state index in [1.165, 1.54) is 0 Å². The van der Waals surface area contributed by atoms with Gasteiger partial charge in [0.15, 0.2) is 5.78 Å². The molecule has 4 rings (SSSR count). The second-order valence-electron chi connectivity index (χ2n) is 6.71. The van der Waals surface area contributed by atoms with Gasteiger partial charge in [-0.25, -0.2) is 0 Å². The summed E-state index contributed by atoms with van der Waals surface area (Å²) < 4.78 is 0. The van der Waals surface area contributed by atoms with Crippen LogP contribution < -0.4 is 0 Å². The maximum Gasteiger partial charge on any atom is 0.193 e. The summed E-state index contributed by atoms with van der Waals surface area (Å²) in [5.41, 5.74) is 4.51. The molecule has 0 bridgehead atoms. The molecule has 0 spiro atoms. The van der Waals surface area contributed by atoms with Crippen LogP contribution in [0.2, 0.25) is 0 Å². The van der Waals surface area contributed by atoms with Crippen molar-refractivity contribution in [2.24, 2.45) is 10.2 Å². The molecule has 0 amide bonds. The lowest BCUT2D eigenvalue weighted by molar-refractivity contribution is 0.103. The number of carbonyl (C=O) groups excluding carboxylic acids is 1. The number of nitrogens with zero attached hydrogens (tertiary/aromatic N) is 2. The summed E-state index contributed by atoms with van der Waals surface area (Å²) in [5, 5.41) is 8.85. The quantitative estimate of drug-likeness (QED) is 0.234. The van der Waals surface area contributed by atoms with Crippen LogP contribution >= 0.6 is 0 Å². The molecule has 0 atom stereocenters. The van der Waals surface area contributed by atoms with Gasteiger partial charge in [-0.15, -0.1) is 5.10 Å². The number of rotatable bonds is 6. The molecular formula is C27H20N2O. The van der Waals surface area contributed by atoms with Crippen molar-refractivity contribution in [3.63, 3.8) is 0 Å².